The molecular formula is C25H25F9N2O. The fourth-order valence-electron chi connectivity index (χ4n) is 4.85. The van der Waals surface area contributed by atoms with Gasteiger partial charge >= 0.3 is 30.0 Å². The van der Waals surface area contributed by atoms with Crippen LogP contribution in [0.15, 0.2) is 54.6 Å². The van der Waals surface area contributed by atoms with E-state index in [0.717, 1.165) is 10.5 Å². The van der Waals surface area contributed by atoms with Gasteiger partial charge in [0.05, 0.1) is 5.54 Å². The molecule has 1 fully saturated rings. The third-order valence-electron chi connectivity index (χ3n) is 6.42. The predicted molar refractivity (Wildman–Crippen MR) is 119 cm³/mol. The molecule has 0 spiro atoms. The lowest BCUT2D eigenvalue weighted by molar-refractivity contribution is -0.399. The van der Waals surface area contributed by atoms with Crippen LogP contribution in [0.4, 0.5) is 50.0 Å². The number of halogens is 9. The summed E-state index contributed by atoms with van der Waals surface area (Å²) >= 11 is 0. The number of urea groups is 1. The van der Waals surface area contributed by atoms with Crippen LogP contribution in [0, 0.1) is 12.3 Å². The number of carbonyl (C=O) groups is 1. The van der Waals surface area contributed by atoms with Gasteiger partial charge in [0.2, 0.25) is 0 Å². The molecule has 1 N–H and O–H groups in total. The molecule has 2 amide bonds. The van der Waals surface area contributed by atoms with E-state index in [1.807, 2.05) is 0 Å². The first-order chi connectivity index (χ1) is 16.8. The van der Waals surface area contributed by atoms with E-state index in [1.165, 1.54) is 36.4 Å². The van der Waals surface area contributed by atoms with Gasteiger partial charge in [-0.2, -0.15) is 39.5 Å². The number of anilines is 1. The molecule has 1 aliphatic heterocycles. The fourth-order valence-corrected chi connectivity index (χ4v) is 4.85. The molecular weight excluding hydrogens is 515 g/mol. The fraction of sp³-hybridized carbons (Fsp3) is 0.480. The zero-order chi connectivity index (χ0) is 28.1. The van der Waals surface area contributed by atoms with Gasteiger partial charge in [-0.15, -0.1) is 0 Å². The van der Waals surface area contributed by atoms with Crippen LogP contribution in [0.5, 0.6) is 0 Å². The number of carbonyl (C=O) groups excluding carboxylic acids is 1. The molecule has 204 valence electrons. The monoisotopic (exact) mass is 540 g/mol. The van der Waals surface area contributed by atoms with Crippen molar-refractivity contribution in [1.82, 2.24) is 4.90 Å². The van der Waals surface area contributed by atoms with Crippen molar-refractivity contribution in [2.75, 3.05) is 11.9 Å². The highest BCUT2D eigenvalue weighted by Crippen LogP contribution is 2.59. The molecule has 1 aliphatic rings. The third-order valence-corrected chi connectivity index (χ3v) is 6.42. The van der Waals surface area contributed by atoms with Gasteiger partial charge in [-0.3, -0.25) is 0 Å². The lowest BCUT2D eigenvalue weighted by Crippen LogP contribution is -2.63. The number of likely N-dealkylation sites (tertiary alicyclic amines) is 1. The van der Waals surface area contributed by atoms with E-state index < -0.39 is 53.8 Å². The number of aryl methyl sites for hydroxylation is 1. The van der Waals surface area contributed by atoms with Gasteiger partial charge in [-0.05, 0) is 42.0 Å². The van der Waals surface area contributed by atoms with Crippen molar-refractivity contribution >= 4 is 11.7 Å². The van der Waals surface area contributed by atoms with Crippen molar-refractivity contribution < 1.29 is 44.3 Å². The number of amides is 2. The lowest BCUT2D eigenvalue weighted by atomic mass is 9.75. The Morgan fingerprint density at radius 2 is 1.49 bits per heavy atom. The number of rotatable bonds is 6. The lowest BCUT2D eigenvalue weighted by Gasteiger charge is -2.43. The summed E-state index contributed by atoms with van der Waals surface area (Å²) in [6.45, 7) is 4.54. The van der Waals surface area contributed by atoms with E-state index in [0.29, 0.717) is 0 Å². The molecule has 0 aromatic heterocycles. The van der Waals surface area contributed by atoms with Gasteiger partial charge in [-0.1, -0.05) is 56.3 Å². The Labute approximate surface area is 207 Å². The SMILES string of the molecule is Cc1cccc(NC(=O)N2CC(C)(C)CC2(CC(F)(F)C(F)(F)C(F)(F)C(F)(F)F)c2ccccc2)c1. The maximum atomic E-state index is 15.1. The highest BCUT2D eigenvalue weighted by Gasteiger charge is 2.82. The summed E-state index contributed by atoms with van der Waals surface area (Å²) in [6, 6.07) is 12.0. The van der Waals surface area contributed by atoms with Gasteiger partial charge in [0.15, 0.2) is 0 Å². The minimum absolute atomic E-state index is 0.106. The Hall–Kier alpha value is -2.92. The molecule has 0 aliphatic carbocycles. The van der Waals surface area contributed by atoms with E-state index in [4.69, 9.17) is 0 Å². The van der Waals surface area contributed by atoms with Gasteiger partial charge < -0.3 is 10.2 Å². The summed E-state index contributed by atoms with van der Waals surface area (Å²) in [4.78, 5) is 14.2. The highest BCUT2D eigenvalue weighted by atomic mass is 19.4. The van der Waals surface area contributed by atoms with Crippen molar-refractivity contribution in [3.63, 3.8) is 0 Å². The van der Waals surface area contributed by atoms with Crippen LogP contribution >= 0.6 is 0 Å². The molecule has 2 aromatic carbocycles. The largest absolute Gasteiger partial charge is 0.460 e. The second-order valence-corrected chi connectivity index (χ2v) is 10.2. The summed E-state index contributed by atoms with van der Waals surface area (Å²) in [6.07, 6.45) is -9.52. The number of hydrogen-bond donors (Lipinski definition) is 1. The number of nitrogens with zero attached hydrogens (tertiary/aromatic N) is 1. The summed E-state index contributed by atoms with van der Waals surface area (Å²) in [5.74, 6) is -19.7. The summed E-state index contributed by atoms with van der Waals surface area (Å²) < 4.78 is 125. The summed E-state index contributed by atoms with van der Waals surface area (Å²) in [7, 11) is 0. The third kappa shape index (κ3) is 5.11. The number of hydrogen-bond acceptors (Lipinski definition) is 1. The second kappa shape index (κ2) is 9.13. The van der Waals surface area contributed by atoms with E-state index in [1.54, 1.807) is 39.0 Å². The maximum absolute atomic E-state index is 15.1. The molecule has 37 heavy (non-hydrogen) atoms. The van der Waals surface area contributed by atoms with Crippen molar-refractivity contribution in [2.24, 2.45) is 5.41 Å². The first-order valence-electron chi connectivity index (χ1n) is 11.2. The standard InChI is InChI=1S/C25H25F9N2O/c1-16-8-7-11-18(12-16)35-19(37)36-15-20(2,3)13-21(36,17-9-5-4-6-10-17)14-22(26,27)23(28,29)24(30,31)25(32,33)34/h4-12H,13-15H2,1-3H3,(H,35,37). The molecule has 0 radical (unpaired) electrons. The highest BCUT2D eigenvalue weighted by molar-refractivity contribution is 5.90. The van der Waals surface area contributed by atoms with Gasteiger partial charge in [0.25, 0.3) is 0 Å². The molecule has 3 rings (SSSR count). The Morgan fingerprint density at radius 3 is 2.03 bits per heavy atom. The summed E-state index contributed by atoms with van der Waals surface area (Å²) in [5, 5.41) is 2.49. The maximum Gasteiger partial charge on any atom is 0.460 e. The topological polar surface area (TPSA) is 32.3 Å². The molecule has 3 nitrogen and oxygen atoms in total. The minimum atomic E-state index is -7.02. The molecule has 1 saturated heterocycles. The Morgan fingerprint density at radius 1 is 0.892 bits per heavy atom. The molecule has 1 heterocycles. The van der Waals surface area contributed by atoms with E-state index in [-0.39, 0.29) is 17.8 Å². The van der Waals surface area contributed by atoms with Crippen LogP contribution in [0.25, 0.3) is 0 Å². The van der Waals surface area contributed by atoms with Crippen LogP contribution in [-0.4, -0.2) is 41.4 Å². The Balaban J connectivity index is 2.14. The quantitative estimate of drug-likeness (QED) is 0.370. The van der Waals surface area contributed by atoms with E-state index in [9.17, 15) is 35.5 Å². The molecule has 0 saturated carbocycles. The second-order valence-electron chi connectivity index (χ2n) is 10.2. The molecule has 0 bridgehead atoms. The van der Waals surface area contributed by atoms with Crippen molar-refractivity contribution in [3.05, 3.63) is 65.7 Å². The Kier molecular flexibility index (Phi) is 7.07. The molecule has 1 unspecified atom stereocenters. The smallest absolute Gasteiger partial charge is 0.314 e. The van der Waals surface area contributed by atoms with Crippen molar-refractivity contribution in [3.8, 4) is 0 Å². The van der Waals surface area contributed by atoms with Crippen LogP contribution in [-0.2, 0) is 5.54 Å². The normalized spacial score (nSPS) is 20.7. The average molecular weight is 540 g/mol. The molecule has 2 aromatic rings. The Bertz CT molecular complexity index is 1130. The zero-order valence-corrected chi connectivity index (χ0v) is 20.1. The first kappa shape index (κ1) is 28.6. The van der Waals surface area contributed by atoms with Gasteiger partial charge in [0.1, 0.15) is 0 Å². The number of benzene rings is 2. The van der Waals surface area contributed by atoms with Crippen LogP contribution in [0.1, 0.15) is 37.8 Å². The first-order valence-corrected chi connectivity index (χ1v) is 11.2. The summed E-state index contributed by atoms with van der Waals surface area (Å²) in [5.41, 5.74) is -2.46. The van der Waals surface area contributed by atoms with E-state index >= 15 is 8.78 Å². The molecule has 1 atom stereocenters. The minimum Gasteiger partial charge on any atom is -0.314 e. The van der Waals surface area contributed by atoms with Crippen LogP contribution in [0.3, 0.4) is 0 Å². The predicted octanol–water partition coefficient (Wildman–Crippen LogP) is 8.01. The average Bonchev–Trinajstić information content (AvgIpc) is 3.04. The zero-order valence-electron chi connectivity index (χ0n) is 20.1. The van der Waals surface area contributed by atoms with Crippen molar-refractivity contribution in [1.29, 1.82) is 0 Å². The number of nitrogens with one attached hydrogen (secondary N) is 1. The van der Waals surface area contributed by atoms with Crippen molar-refractivity contribution in [2.45, 2.75) is 63.1 Å². The molecule has 12 heteroatoms. The van der Waals surface area contributed by atoms with Crippen LogP contribution < -0.4 is 5.32 Å². The number of alkyl halides is 9. The van der Waals surface area contributed by atoms with Gasteiger partial charge in [-0.25, -0.2) is 4.79 Å². The van der Waals surface area contributed by atoms with E-state index in [2.05, 4.69) is 5.32 Å². The van der Waals surface area contributed by atoms with Gasteiger partial charge in [0, 0.05) is 18.7 Å². The van der Waals surface area contributed by atoms with Crippen LogP contribution in [0.2, 0.25) is 0 Å².